The normalized spacial score (nSPS) is 13.2. The van der Waals surface area contributed by atoms with Crippen molar-refractivity contribution in [2.75, 3.05) is 12.1 Å². The molecule has 25 heavy (non-hydrogen) atoms. The molecule has 2 amide bonds. The van der Waals surface area contributed by atoms with Crippen LogP contribution in [0, 0.1) is 11.3 Å². The van der Waals surface area contributed by atoms with Gasteiger partial charge in [0.05, 0.1) is 30.9 Å². The van der Waals surface area contributed by atoms with Crippen molar-refractivity contribution in [1.29, 1.82) is 5.26 Å². The van der Waals surface area contributed by atoms with Crippen LogP contribution in [0.5, 0.6) is 5.75 Å². The zero-order valence-corrected chi connectivity index (χ0v) is 13.4. The Morgan fingerprint density at radius 3 is 2.72 bits per heavy atom. The summed E-state index contributed by atoms with van der Waals surface area (Å²) in [6, 6.07) is 15.2. The van der Waals surface area contributed by atoms with E-state index in [0.29, 0.717) is 22.6 Å². The molecule has 1 aliphatic rings. The fourth-order valence-electron chi connectivity index (χ4n) is 2.35. The minimum absolute atomic E-state index is 0.00426. The summed E-state index contributed by atoms with van der Waals surface area (Å²) in [5, 5.41) is 16.8. The average Bonchev–Trinajstić information content (AvgIpc) is 3.02. The maximum atomic E-state index is 12.3. The third kappa shape index (κ3) is 3.48. The van der Waals surface area contributed by atoms with Crippen molar-refractivity contribution in [3.63, 3.8) is 0 Å². The second kappa shape index (κ2) is 6.84. The number of nitriles is 1. The van der Waals surface area contributed by atoms with E-state index in [4.69, 9.17) is 10.00 Å². The van der Waals surface area contributed by atoms with Crippen LogP contribution in [0.1, 0.15) is 22.3 Å². The number of hydrazone groups is 1. The van der Waals surface area contributed by atoms with E-state index in [9.17, 15) is 9.59 Å². The van der Waals surface area contributed by atoms with Gasteiger partial charge < -0.3 is 10.1 Å². The summed E-state index contributed by atoms with van der Waals surface area (Å²) in [6.07, 6.45) is -0.00426. The Labute approximate surface area is 144 Å². The van der Waals surface area contributed by atoms with Crippen molar-refractivity contribution in [3.05, 3.63) is 59.7 Å². The summed E-state index contributed by atoms with van der Waals surface area (Å²) in [6.45, 7) is 0. The lowest BCUT2D eigenvalue weighted by Gasteiger charge is -2.10. The molecule has 0 aliphatic carbocycles. The molecule has 1 heterocycles. The van der Waals surface area contributed by atoms with Gasteiger partial charge in [0.2, 0.25) is 0 Å². The van der Waals surface area contributed by atoms with Crippen LogP contribution < -0.4 is 15.1 Å². The largest absolute Gasteiger partial charge is 0.497 e. The number of benzene rings is 2. The Morgan fingerprint density at radius 2 is 2.04 bits per heavy atom. The van der Waals surface area contributed by atoms with Gasteiger partial charge in [-0.05, 0) is 42.5 Å². The maximum Gasteiger partial charge on any atom is 0.256 e. The second-order valence-corrected chi connectivity index (χ2v) is 5.27. The lowest BCUT2D eigenvalue weighted by molar-refractivity contribution is -0.116. The number of nitrogens with zero attached hydrogens (tertiary/aromatic N) is 3. The van der Waals surface area contributed by atoms with Crippen molar-refractivity contribution in [1.82, 2.24) is 5.32 Å². The third-order valence-corrected chi connectivity index (χ3v) is 3.61. The Morgan fingerprint density at radius 1 is 1.28 bits per heavy atom. The number of hydrogen-bond acceptors (Lipinski definition) is 5. The van der Waals surface area contributed by atoms with E-state index in [1.807, 2.05) is 6.07 Å². The van der Waals surface area contributed by atoms with E-state index < -0.39 is 0 Å². The van der Waals surface area contributed by atoms with Crippen LogP contribution in [0.3, 0.4) is 0 Å². The van der Waals surface area contributed by atoms with Gasteiger partial charge in [0.1, 0.15) is 11.6 Å². The number of rotatable bonds is 3. The molecular weight excluding hydrogens is 320 g/mol. The quantitative estimate of drug-likeness (QED) is 0.929. The van der Waals surface area contributed by atoms with Crippen molar-refractivity contribution >= 4 is 23.3 Å². The Hall–Kier alpha value is -3.66. The molecule has 0 fully saturated rings. The predicted octanol–water partition coefficient (Wildman–Crippen LogP) is 2.05. The summed E-state index contributed by atoms with van der Waals surface area (Å²) in [7, 11) is 1.52. The number of hydrogen-bond donors (Lipinski definition) is 1. The van der Waals surface area contributed by atoms with Gasteiger partial charge in [-0.3, -0.25) is 9.59 Å². The number of nitrogens with one attached hydrogen (secondary N) is 1. The van der Waals surface area contributed by atoms with Crippen LogP contribution in [0.4, 0.5) is 5.69 Å². The molecule has 0 unspecified atom stereocenters. The molecule has 0 aromatic heterocycles. The Balaban J connectivity index is 1.75. The van der Waals surface area contributed by atoms with E-state index in [1.54, 1.807) is 48.5 Å². The number of methoxy groups -OCH3 is 1. The molecule has 124 valence electrons. The van der Waals surface area contributed by atoms with Gasteiger partial charge in [-0.2, -0.15) is 15.4 Å². The van der Waals surface area contributed by atoms with E-state index in [1.165, 1.54) is 12.1 Å². The smallest absolute Gasteiger partial charge is 0.256 e. The second-order valence-electron chi connectivity index (χ2n) is 5.27. The molecular formula is C18H14N4O3. The number of carbonyl (C=O) groups excluding carboxylic acids is 2. The first-order valence-electron chi connectivity index (χ1n) is 7.46. The highest BCUT2D eigenvalue weighted by Gasteiger charge is 2.26. The molecule has 0 radical (unpaired) electrons. The zero-order chi connectivity index (χ0) is 17.8. The van der Waals surface area contributed by atoms with Crippen LogP contribution in [-0.2, 0) is 4.79 Å². The number of amidine groups is 1. The molecule has 2 aromatic carbocycles. The van der Waals surface area contributed by atoms with E-state index in [-0.39, 0.29) is 24.1 Å². The van der Waals surface area contributed by atoms with Crippen LogP contribution in [0.25, 0.3) is 0 Å². The van der Waals surface area contributed by atoms with Crippen molar-refractivity contribution < 1.29 is 14.3 Å². The van der Waals surface area contributed by atoms with Gasteiger partial charge in [0.25, 0.3) is 11.8 Å². The van der Waals surface area contributed by atoms with E-state index in [2.05, 4.69) is 10.4 Å². The van der Waals surface area contributed by atoms with Crippen molar-refractivity contribution in [2.45, 2.75) is 6.42 Å². The lowest BCUT2D eigenvalue weighted by Crippen LogP contribution is -2.29. The summed E-state index contributed by atoms with van der Waals surface area (Å²) in [5.41, 5.74) is 1.44. The standard InChI is InChI=1S/C18H14N4O3/c1-25-15-4-2-3-13(9-15)18(24)20-16-10-17(23)22(21-16)14-7-5-12(11-19)6-8-14/h2-9H,10H2,1H3,(H,20,21,24). The van der Waals surface area contributed by atoms with Crippen LogP contribution >= 0.6 is 0 Å². The third-order valence-electron chi connectivity index (χ3n) is 3.61. The summed E-state index contributed by atoms with van der Waals surface area (Å²) in [4.78, 5) is 24.4. The molecule has 0 atom stereocenters. The number of carbonyl (C=O) groups is 2. The highest BCUT2D eigenvalue weighted by atomic mass is 16.5. The topological polar surface area (TPSA) is 94.8 Å². The molecule has 1 aliphatic heterocycles. The number of amides is 2. The fourth-order valence-corrected chi connectivity index (χ4v) is 2.35. The Bertz CT molecular complexity index is 897. The maximum absolute atomic E-state index is 12.3. The van der Waals surface area contributed by atoms with Gasteiger partial charge in [-0.15, -0.1) is 0 Å². The molecule has 1 N–H and O–H groups in total. The van der Waals surface area contributed by atoms with Crippen LogP contribution in [-0.4, -0.2) is 24.8 Å². The molecule has 7 heteroatoms. The first-order chi connectivity index (χ1) is 12.1. The van der Waals surface area contributed by atoms with Crippen LogP contribution in [0.2, 0.25) is 0 Å². The van der Waals surface area contributed by atoms with E-state index in [0.717, 1.165) is 0 Å². The Kier molecular flexibility index (Phi) is 4.44. The molecule has 0 spiro atoms. The minimum Gasteiger partial charge on any atom is -0.497 e. The average molecular weight is 334 g/mol. The summed E-state index contributed by atoms with van der Waals surface area (Å²) >= 11 is 0. The highest BCUT2D eigenvalue weighted by molar-refractivity contribution is 6.17. The number of ether oxygens (including phenoxy) is 1. The molecule has 3 rings (SSSR count). The molecule has 7 nitrogen and oxygen atoms in total. The summed E-state index contributed by atoms with van der Waals surface area (Å²) in [5.74, 6) is 0.205. The zero-order valence-electron chi connectivity index (χ0n) is 13.4. The van der Waals surface area contributed by atoms with Crippen molar-refractivity contribution in [3.8, 4) is 11.8 Å². The monoisotopic (exact) mass is 334 g/mol. The first kappa shape index (κ1) is 16.2. The van der Waals surface area contributed by atoms with E-state index >= 15 is 0 Å². The molecule has 2 aromatic rings. The molecule has 0 saturated heterocycles. The molecule has 0 bridgehead atoms. The van der Waals surface area contributed by atoms with Crippen molar-refractivity contribution in [2.24, 2.45) is 5.10 Å². The van der Waals surface area contributed by atoms with Gasteiger partial charge >= 0.3 is 0 Å². The predicted molar refractivity (Wildman–Crippen MR) is 91.2 cm³/mol. The van der Waals surface area contributed by atoms with Crippen LogP contribution in [0.15, 0.2) is 53.6 Å². The fraction of sp³-hybridized carbons (Fsp3) is 0.111. The molecule has 0 saturated carbocycles. The lowest BCUT2D eigenvalue weighted by atomic mass is 10.2. The van der Waals surface area contributed by atoms with Gasteiger partial charge in [0.15, 0.2) is 0 Å². The van der Waals surface area contributed by atoms with Gasteiger partial charge in [-0.1, -0.05) is 6.07 Å². The summed E-state index contributed by atoms with van der Waals surface area (Å²) < 4.78 is 5.09. The minimum atomic E-state index is -0.368. The first-order valence-corrected chi connectivity index (χ1v) is 7.46. The number of anilines is 1. The SMILES string of the molecule is COc1cccc(C(=O)NC2=NN(c3ccc(C#N)cc3)C(=O)C2)c1. The highest BCUT2D eigenvalue weighted by Crippen LogP contribution is 2.20. The van der Waals surface area contributed by atoms with Gasteiger partial charge in [0, 0.05) is 5.56 Å². The van der Waals surface area contributed by atoms with Gasteiger partial charge in [-0.25, -0.2) is 0 Å².